The largest absolute Gasteiger partial charge is 0.543 e. The van der Waals surface area contributed by atoms with Crippen molar-refractivity contribution in [2.24, 2.45) is 0 Å². The van der Waals surface area contributed by atoms with E-state index >= 15 is 0 Å². The zero-order valence-electron chi connectivity index (χ0n) is 13.8. The van der Waals surface area contributed by atoms with E-state index in [9.17, 15) is 9.90 Å². The number of rotatable bonds is 3. The van der Waals surface area contributed by atoms with Crippen LogP contribution >= 0.6 is 0 Å². The highest BCUT2D eigenvalue weighted by Gasteiger charge is 2.39. The van der Waals surface area contributed by atoms with Gasteiger partial charge in [0, 0.05) is 6.07 Å². The zero-order valence-corrected chi connectivity index (χ0v) is 14.8. The van der Waals surface area contributed by atoms with Gasteiger partial charge in [0.1, 0.15) is 11.5 Å². The fraction of sp³-hybridized carbons (Fsp3) is 0.562. The van der Waals surface area contributed by atoms with Crippen LogP contribution in [0.4, 0.5) is 0 Å². The van der Waals surface area contributed by atoms with Gasteiger partial charge >= 0.3 is 0 Å². The molecule has 1 N–H and O–H groups in total. The van der Waals surface area contributed by atoms with E-state index in [2.05, 4.69) is 33.9 Å². The Balaban J connectivity index is 3.43. The SMILES string of the molecule is CC(=O)c1c(O[Si](C)(C)C(C)(C)C)cc(O)c(C)c1C. The summed E-state index contributed by atoms with van der Waals surface area (Å²) < 4.78 is 6.23. The van der Waals surface area contributed by atoms with E-state index in [0.29, 0.717) is 11.3 Å². The van der Waals surface area contributed by atoms with Crippen LogP contribution in [0.2, 0.25) is 18.1 Å². The highest BCUT2D eigenvalue weighted by atomic mass is 28.4. The summed E-state index contributed by atoms with van der Waals surface area (Å²) >= 11 is 0. The lowest BCUT2D eigenvalue weighted by atomic mass is 9.99. The fourth-order valence-electron chi connectivity index (χ4n) is 1.82. The number of phenolic OH excluding ortho intramolecular Hbond substituents is 1. The van der Waals surface area contributed by atoms with Crippen molar-refractivity contribution < 1.29 is 14.3 Å². The molecule has 3 nitrogen and oxygen atoms in total. The molecule has 4 heteroatoms. The molecule has 112 valence electrons. The molecule has 0 spiro atoms. The Kier molecular flexibility index (Phi) is 4.39. The summed E-state index contributed by atoms with van der Waals surface area (Å²) in [6, 6.07) is 1.58. The van der Waals surface area contributed by atoms with Gasteiger partial charge < -0.3 is 9.53 Å². The maximum atomic E-state index is 11.9. The van der Waals surface area contributed by atoms with Crippen molar-refractivity contribution in [2.45, 2.75) is 59.7 Å². The first-order valence-electron chi connectivity index (χ1n) is 6.91. The Morgan fingerprint density at radius 3 is 2.10 bits per heavy atom. The summed E-state index contributed by atoms with van der Waals surface area (Å²) in [7, 11) is -2.05. The molecule has 0 saturated carbocycles. The van der Waals surface area contributed by atoms with Crippen molar-refractivity contribution in [3.63, 3.8) is 0 Å². The lowest BCUT2D eigenvalue weighted by Crippen LogP contribution is -2.44. The summed E-state index contributed by atoms with van der Waals surface area (Å²) in [5.74, 6) is 0.671. The molecule has 20 heavy (non-hydrogen) atoms. The van der Waals surface area contributed by atoms with Gasteiger partial charge in [-0.25, -0.2) is 0 Å². The first-order chi connectivity index (χ1) is 8.88. The molecule has 1 rings (SSSR count). The van der Waals surface area contributed by atoms with E-state index in [4.69, 9.17) is 4.43 Å². The summed E-state index contributed by atoms with van der Waals surface area (Å²) in [6.45, 7) is 15.9. The molecular formula is C16H26O3Si. The van der Waals surface area contributed by atoms with Gasteiger partial charge in [0.25, 0.3) is 8.32 Å². The molecule has 0 bridgehead atoms. The van der Waals surface area contributed by atoms with E-state index < -0.39 is 8.32 Å². The van der Waals surface area contributed by atoms with Gasteiger partial charge in [0.05, 0.1) is 5.56 Å². The summed E-state index contributed by atoms with van der Waals surface area (Å²) in [4.78, 5) is 11.9. The number of benzene rings is 1. The number of hydrogen-bond acceptors (Lipinski definition) is 3. The molecule has 1 aromatic rings. The molecule has 0 radical (unpaired) electrons. The van der Waals surface area contributed by atoms with Gasteiger partial charge in [0.15, 0.2) is 5.78 Å². The summed E-state index contributed by atoms with van der Waals surface area (Å²) in [6.07, 6.45) is 0. The van der Waals surface area contributed by atoms with Gasteiger partial charge in [0.2, 0.25) is 0 Å². The maximum Gasteiger partial charge on any atom is 0.250 e. The third-order valence-electron chi connectivity index (χ3n) is 4.36. The zero-order chi connectivity index (χ0) is 15.9. The Hall–Kier alpha value is -1.29. The van der Waals surface area contributed by atoms with E-state index in [0.717, 1.165) is 11.1 Å². The molecule has 0 amide bonds. The van der Waals surface area contributed by atoms with Crippen LogP contribution in [-0.2, 0) is 0 Å². The van der Waals surface area contributed by atoms with Crippen molar-refractivity contribution in [2.75, 3.05) is 0 Å². The maximum absolute atomic E-state index is 11.9. The van der Waals surface area contributed by atoms with Crippen molar-refractivity contribution in [3.8, 4) is 11.5 Å². The standard InChI is InChI=1S/C16H26O3Si/c1-10-11(2)15(12(3)17)14(9-13(10)18)19-20(7,8)16(4,5)6/h9,18H,1-8H3. The molecule has 0 atom stereocenters. The van der Waals surface area contributed by atoms with Crippen LogP contribution < -0.4 is 4.43 Å². The van der Waals surface area contributed by atoms with Crippen molar-refractivity contribution >= 4 is 14.1 Å². The quantitative estimate of drug-likeness (QED) is 0.655. The van der Waals surface area contributed by atoms with E-state index in [-0.39, 0.29) is 16.6 Å². The minimum atomic E-state index is -2.05. The molecule has 1 aromatic carbocycles. The molecule has 0 fully saturated rings. The van der Waals surface area contributed by atoms with Crippen LogP contribution in [0, 0.1) is 13.8 Å². The number of hydrogen-bond donors (Lipinski definition) is 1. The van der Waals surface area contributed by atoms with Gasteiger partial charge in [-0.3, -0.25) is 4.79 Å². The number of carbonyl (C=O) groups is 1. The molecule has 0 aliphatic heterocycles. The monoisotopic (exact) mass is 294 g/mol. The Bertz CT molecular complexity index is 540. The first kappa shape index (κ1) is 16.8. The Morgan fingerprint density at radius 2 is 1.70 bits per heavy atom. The van der Waals surface area contributed by atoms with E-state index in [1.54, 1.807) is 6.07 Å². The summed E-state index contributed by atoms with van der Waals surface area (Å²) in [5, 5.41) is 10.0. The predicted octanol–water partition coefficient (Wildman–Crippen LogP) is 4.60. The second-order valence-electron chi connectivity index (χ2n) is 6.94. The van der Waals surface area contributed by atoms with Gasteiger partial charge in [-0.05, 0) is 50.0 Å². The molecule has 0 aliphatic carbocycles. The van der Waals surface area contributed by atoms with E-state index in [1.165, 1.54) is 6.92 Å². The predicted molar refractivity (Wildman–Crippen MR) is 85.4 cm³/mol. The van der Waals surface area contributed by atoms with E-state index in [1.807, 2.05) is 13.8 Å². The third kappa shape index (κ3) is 3.06. The number of ketones is 1. The second kappa shape index (κ2) is 5.24. The number of Topliss-reactive ketones (excluding diaryl/α,β-unsaturated/α-hetero) is 1. The number of carbonyl (C=O) groups excluding carboxylic acids is 1. The number of aromatic hydroxyl groups is 1. The second-order valence-corrected chi connectivity index (χ2v) is 11.7. The minimum Gasteiger partial charge on any atom is -0.543 e. The van der Waals surface area contributed by atoms with Crippen molar-refractivity contribution in [1.82, 2.24) is 0 Å². The third-order valence-corrected chi connectivity index (χ3v) is 8.70. The van der Waals surface area contributed by atoms with Crippen molar-refractivity contribution in [1.29, 1.82) is 0 Å². The van der Waals surface area contributed by atoms with Crippen LogP contribution in [0.1, 0.15) is 49.2 Å². The van der Waals surface area contributed by atoms with Gasteiger partial charge in [-0.15, -0.1) is 0 Å². The topological polar surface area (TPSA) is 46.5 Å². The molecule has 0 aliphatic rings. The molecule has 0 heterocycles. The highest BCUT2D eigenvalue weighted by molar-refractivity contribution is 6.74. The molecule has 0 aromatic heterocycles. The molecule has 0 unspecified atom stereocenters. The summed E-state index contributed by atoms with van der Waals surface area (Å²) in [5.41, 5.74) is 2.12. The van der Waals surface area contributed by atoms with Crippen molar-refractivity contribution in [3.05, 3.63) is 22.8 Å². The lowest BCUT2D eigenvalue weighted by molar-refractivity contribution is 0.101. The molecule has 0 saturated heterocycles. The minimum absolute atomic E-state index is 0.0284. The Labute approximate surface area is 123 Å². The van der Waals surface area contributed by atoms with Crippen LogP contribution in [0.15, 0.2) is 6.07 Å². The normalized spacial score (nSPS) is 12.4. The molecular weight excluding hydrogens is 268 g/mol. The Morgan fingerprint density at radius 1 is 1.20 bits per heavy atom. The highest BCUT2D eigenvalue weighted by Crippen LogP contribution is 2.40. The van der Waals surface area contributed by atoms with Gasteiger partial charge in [-0.2, -0.15) is 0 Å². The fourth-order valence-corrected chi connectivity index (χ4v) is 2.83. The smallest absolute Gasteiger partial charge is 0.250 e. The van der Waals surface area contributed by atoms with Gasteiger partial charge in [-0.1, -0.05) is 20.8 Å². The van der Waals surface area contributed by atoms with Crippen LogP contribution in [-0.4, -0.2) is 19.2 Å². The first-order valence-corrected chi connectivity index (χ1v) is 9.82. The van der Waals surface area contributed by atoms with Crippen LogP contribution in [0.5, 0.6) is 11.5 Å². The average Bonchev–Trinajstić information content (AvgIpc) is 2.23. The van der Waals surface area contributed by atoms with Crippen LogP contribution in [0.3, 0.4) is 0 Å². The lowest BCUT2D eigenvalue weighted by Gasteiger charge is -2.37. The average molecular weight is 294 g/mol. The van der Waals surface area contributed by atoms with Crippen LogP contribution in [0.25, 0.3) is 0 Å². The number of phenols is 1.